The maximum Gasteiger partial charge on any atom is 0.306 e. The van der Waals surface area contributed by atoms with Crippen LogP contribution in [0.1, 0.15) is 42.3 Å². The molecule has 84 valence electrons. The normalized spacial score (nSPS) is 23.9. The van der Waals surface area contributed by atoms with Crippen molar-refractivity contribution in [3.63, 3.8) is 0 Å². The first kappa shape index (κ1) is 9.75. The molecule has 0 aromatic carbocycles. The van der Waals surface area contributed by atoms with E-state index >= 15 is 0 Å². The Morgan fingerprint density at radius 1 is 1.38 bits per heavy atom. The predicted molar refractivity (Wildman–Crippen MR) is 57.2 cm³/mol. The van der Waals surface area contributed by atoms with Gasteiger partial charge in [0.1, 0.15) is 5.82 Å². The fourth-order valence-corrected chi connectivity index (χ4v) is 2.27. The number of carbonyl (C=O) groups is 1. The van der Waals surface area contributed by atoms with Crippen molar-refractivity contribution in [3.05, 3.63) is 23.3 Å². The SMILES string of the molecule is O=C(O)C1CCc2nc(C3CC3)ncc2C1. The highest BCUT2D eigenvalue weighted by molar-refractivity contribution is 5.70. The number of hydrogen-bond donors (Lipinski definition) is 1. The van der Waals surface area contributed by atoms with E-state index in [0.29, 0.717) is 18.8 Å². The number of carboxylic acid groups (broad SMARTS) is 1. The molecule has 1 fully saturated rings. The summed E-state index contributed by atoms with van der Waals surface area (Å²) in [5.74, 6) is 0.592. The van der Waals surface area contributed by atoms with E-state index < -0.39 is 5.97 Å². The van der Waals surface area contributed by atoms with E-state index in [1.807, 2.05) is 6.20 Å². The van der Waals surface area contributed by atoms with Crippen LogP contribution in [-0.4, -0.2) is 21.0 Å². The van der Waals surface area contributed by atoms with Crippen LogP contribution in [0, 0.1) is 5.92 Å². The summed E-state index contributed by atoms with van der Waals surface area (Å²) in [5, 5.41) is 8.98. The minimum absolute atomic E-state index is 0.247. The molecule has 16 heavy (non-hydrogen) atoms. The third kappa shape index (κ3) is 1.68. The number of fused-ring (bicyclic) bond motifs is 1. The van der Waals surface area contributed by atoms with Gasteiger partial charge >= 0.3 is 5.97 Å². The average molecular weight is 218 g/mol. The summed E-state index contributed by atoms with van der Waals surface area (Å²) in [5.41, 5.74) is 2.11. The molecule has 1 saturated carbocycles. The average Bonchev–Trinajstić information content (AvgIpc) is 3.11. The molecular weight excluding hydrogens is 204 g/mol. The van der Waals surface area contributed by atoms with E-state index in [1.165, 1.54) is 12.8 Å². The standard InChI is InChI=1S/C12H14N2O2/c15-12(16)8-3-4-10-9(5-8)6-13-11(14-10)7-1-2-7/h6-8H,1-5H2,(H,15,16). The van der Waals surface area contributed by atoms with E-state index in [1.54, 1.807) is 0 Å². The van der Waals surface area contributed by atoms with Crippen molar-refractivity contribution in [3.8, 4) is 0 Å². The van der Waals surface area contributed by atoms with Gasteiger partial charge in [-0.15, -0.1) is 0 Å². The molecule has 0 radical (unpaired) electrons. The fourth-order valence-electron chi connectivity index (χ4n) is 2.27. The highest BCUT2D eigenvalue weighted by Gasteiger charge is 2.29. The Labute approximate surface area is 93.7 Å². The molecule has 0 spiro atoms. The first-order valence-electron chi connectivity index (χ1n) is 5.81. The number of hydrogen-bond acceptors (Lipinski definition) is 3. The van der Waals surface area contributed by atoms with Crippen LogP contribution in [-0.2, 0) is 17.6 Å². The van der Waals surface area contributed by atoms with Crippen molar-refractivity contribution >= 4 is 5.97 Å². The second kappa shape index (κ2) is 3.54. The molecule has 4 heteroatoms. The molecule has 1 atom stereocenters. The van der Waals surface area contributed by atoms with E-state index in [-0.39, 0.29) is 5.92 Å². The lowest BCUT2D eigenvalue weighted by molar-refractivity contribution is -0.142. The Kier molecular flexibility index (Phi) is 2.16. The summed E-state index contributed by atoms with van der Waals surface area (Å²) in [6.45, 7) is 0. The number of aliphatic carboxylic acids is 1. The van der Waals surface area contributed by atoms with Crippen molar-refractivity contribution in [1.29, 1.82) is 0 Å². The zero-order valence-electron chi connectivity index (χ0n) is 9.02. The van der Waals surface area contributed by atoms with Gasteiger partial charge in [0.05, 0.1) is 5.92 Å². The zero-order valence-corrected chi connectivity index (χ0v) is 9.02. The van der Waals surface area contributed by atoms with E-state index in [0.717, 1.165) is 23.5 Å². The molecule has 1 N–H and O–H groups in total. The first-order chi connectivity index (χ1) is 7.74. The molecule has 1 aromatic heterocycles. The Hall–Kier alpha value is -1.45. The molecule has 4 nitrogen and oxygen atoms in total. The largest absolute Gasteiger partial charge is 0.481 e. The minimum atomic E-state index is -0.697. The van der Waals surface area contributed by atoms with Gasteiger partial charge in [-0.3, -0.25) is 4.79 Å². The van der Waals surface area contributed by atoms with Crippen LogP contribution in [0.25, 0.3) is 0 Å². The molecule has 1 aromatic rings. The van der Waals surface area contributed by atoms with Crippen LogP contribution in [0.15, 0.2) is 6.20 Å². The maximum absolute atomic E-state index is 10.9. The van der Waals surface area contributed by atoms with Gasteiger partial charge in [-0.1, -0.05) is 0 Å². The Morgan fingerprint density at radius 2 is 2.19 bits per heavy atom. The summed E-state index contributed by atoms with van der Waals surface area (Å²) in [6.07, 6.45) is 6.34. The number of aromatic nitrogens is 2. The molecule has 1 unspecified atom stereocenters. The van der Waals surface area contributed by atoms with Gasteiger partial charge in [0.15, 0.2) is 0 Å². The summed E-state index contributed by atoms with van der Waals surface area (Å²) < 4.78 is 0. The topological polar surface area (TPSA) is 63.1 Å². The summed E-state index contributed by atoms with van der Waals surface area (Å²) >= 11 is 0. The highest BCUT2D eigenvalue weighted by Crippen LogP contribution is 2.38. The lowest BCUT2D eigenvalue weighted by atomic mass is 9.87. The maximum atomic E-state index is 10.9. The number of nitrogens with zero attached hydrogens (tertiary/aromatic N) is 2. The van der Waals surface area contributed by atoms with Crippen LogP contribution >= 0.6 is 0 Å². The van der Waals surface area contributed by atoms with Gasteiger partial charge in [-0.2, -0.15) is 0 Å². The third-order valence-electron chi connectivity index (χ3n) is 3.46. The van der Waals surface area contributed by atoms with Crippen molar-refractivity contribution in [2.45, 2.75) is 38.0 Å². The molecule has 2 aliphatic rings. The highest BCUT2D eigenvalue weighted by atomic mass is 16.4. The molecule has 0 aliphatic heterocycles. The molecule has 0 amide bonds. The van der Waals surface area contributed by atoms with Crippen molar-refractivity contribution in [2.24, 2.45) is 5.92 Å². The Balaban J connectivity index is 1.86. The smallest absolute Gasteiger partial charge is 0.306 e. The van der Waals surface area contributed by atoms with Crippen LogP contribution in [0.4, 0.5) is 0 Å². The summed E-state index contributed by atoms with van der Waals surface area (Å²) in [7, 11) is 0. The Bertz CT molecular complexity index is 441. The quantitative estimate of drug-likeness (QED) is 0.817. The lowest BCUT2D eigenvalue weighted by Crippen LogP contribution is -2.23. The molecule has 1 heterocycles. The van der Waals surface area contributed by atoms with Crippen LogP contribution in [0.5, 0.6) is 0 Å². The molecule has 0 saturated heterocycles. The second-order valence-corrected chi connectivity index (χ2v) is 4.75. The van der Waals surface area contributed by atoms with Gasteiger partial charge in [0, 0.05) is 17.8 Å². The van der Waals surface area contributed by atoms with Crippen molar-refractivity contribution in [1.82, 2.24) is 9.97 Å². The van der Waals surface area contributed by atoms with E-state index in [9.17, 15) is 4.79 Å². The van der Waals surface area contributed by atoms with E-state index in [4.69, 9.17) is 5.11 Å². The summed E-state index contributed by atoms with van der Waals surface area (Å²) in [4.78, 5) is 19.8. The Morgan fingerprint density at radius 3 is 2.88 bits per heavy atom. The van der Waals surface area contributed by atoms with Crippen LogP contribution < -0.4 is 0 Å². The van der Waals surface area contributed by atoms with Crippen molar-refractivity contribution in [2.75, 3.05) is 0 Å². The van der Waals surface area contributed by atoms with Crippen molar-refractivity contribution < 1.29 is 9.90 Å². The lowest BCUT2D eigenvalue weighted by Gasteiger charge is -2.20. The molecule has 3 rings (SSSR count). The van der Waals surface area contributed by atoms with Gasteiger partial charge in [0.25, 0.3) is 0 Å². The number of aryl methyl sites for hydroxylation is 1. The molecule has 0 bridgehead atoms. The molecule has 2 aliphatic carbocycles. The minimum Gasteiger partial charge on any atom is -0.481 e. The predicted octanol–water partition coefficient (Wildman–Crippen LogP) is 1.54. The van der Waals surface area contributed by atoms with Gasteiger partial charge in [-0.05, 0) is 37.7 Å². The van der Waals surface area contributed by atoms with E-state index in [2.05, 4.69) is 9.97 Å². The van der Waals surface area contributed by atoms with Gasteiger partial charge in [0.2, 0.25) is 0 Å². The monoisotopic (exact) mass is 218 g/mol. The third-order valence-corrected chi connectivity index (χ3v) is 3.46. The zero-order chi connectivity index (χ0) is 11.1. The second-order valence-electron chi connectivity index (χ2n) is 4.75. The van der Waals surface area contributed by atoms with Crippen LogP contribution in [0.3, 0.4) is 0 Å². The fraction of sp³-hybridized carbons (Fsp3) is 0.583. The summed E-state index contributed by atoms with van der Waals surface area (Å²) in [6, 6.07) is 0. The first-order valence-corrected chi connectivity index (χ1v) is 5.81. The van der Waals surface area contributed by atoms with Gasteiger partial charge in [-0.25, -0.2) is 9.97 Å². The van der Waals surface area contributed by atoms with Crippen LogP contribution in [0.2, 0.25) is 0 Å². The number of rotatable bonds is 2. The van der Waals surface area contributed by atoms with Gasteiger partial charge < -0.3 is 5.11 Å². The molecular formula is C12H14N2O2. The number of carboxylic acids is 1.